The normalized spacial score (nSPS) is 49.4. The minimum absolute atomic E-state index is 0.0207. The first-order valence-electron chi connectivity index (χ1n) is 10.8. The lowest BCUT2D eigenvalue weighted by molar-refractivity contribution is -0.145. The third kappa shape index (κ3) is 2.81. The number of ether oxygens (including phenoxy) is 1. The monoisotopic (exact) mass is 347 g/mol. The van der Waals surface area contributed by atoms with E-state index in [2.05, 4.69) is 13.8 Å². The van der Waals surface area contributed by atoms with Crippen LogP contribution in [0.5, 0.6) is 0 Å². The molecule has 0 aliphatic heterocycles. The van der Waals surface area contributed by atoms with Gasteiger partial charge >= 0.3 is 0 Å². The Labute approximate surface area is 153 Å². The van der Waals surface area contributed by atoms with Crippen molar-refractivity contribution in [2.75, 3.05) is 13.2 Å². The van der Waals surface area contributed by atoms with E-state index in [0.717, 1.165) is 50.2 Å². The fraction of sp³-hybridized carbons (Fsp3) is 0.955. The Kier molecular flexibility index (Phi) is 4.77. The standard InChI is InChI=1S/C22H37NO2/c1-21-10-8-16(25-13-3-12-23)14-15(21)4-5-17-18-6-7-20(24)22(18,2)11-9-19(17)21/h15-19H,3-14,23H2,1-2H3. The molecule has 0 aromatic heterocycles. The molecule has 7 unspecified atom stereocenters. The van der Waals surface area contributed by atoms with Crippen LogP contribution in [0.4, 0.5) is 0 Å². The summed E-state index contributed by atoms with van der Waals surface area (Å²) in [7, 11) is 0. The number of hydrogen-bond acceptors (Lipinski definition) is 3. The smallest absolute Gasteiger partial charge is 0.139 e. The zero-order chi connectivity index (χ0) is 17.7. The molecule has 0 aromatic carbocycles. The number of Topliss-reactive ketones (excluding diaryl/α,β-unsaturated/α-hetero) is 1. The molecule has 3 nitrogen and oxygen atoms in total. The maximum atomic E-state index is 12.5. The number of nitrogens with two attached hydrogens (primary N) is 1. The molecule has 0 radical (unpaired) electrons. The largest absolute Gasteiger partial charge is 0.378 e. The average Bonchev–Trinajstić information content (AvgIpc) is 2.90. The number of fused-ring (bicyclic) bond motifs is 5. The van der Waals surface area contributed by atoms with Gasteiger partial charge in [-0.3, -0.25) is 4.79 Å². The molecule has 2 N–H and O–H groups in total. The summed E-state index contributed by atoms with van der Waals surface area (Å²) in [6.45, 7) is 6.44. The third-order valence-corrected chi connectivity index (χ3v) is 9.03. The first-order chi connectivity index (χ1) is 12.0. The highest BCUT2D eigenvalue weighted by atomic mass is 16.5. The summed E-state index contributed by atoms with van der Waals surface area (Å²) in [5.74, 6) is 3.73. The van der Waals surface area contributed by atoms with Crippen molar-refractivity contribution < 1.29 is 9.53 Å². The Morgan fingerprint density at radius 3 is 2.72 bits per heavy atom. The van der Waals surface area contributed by atoms with E-state index in [9.17, 15) is 4.79 Å². The molecule has 4 aliphatic carbocycles. The lowest BCUT2D eigenvalue weighted by atomic mass is 9.45. The lowest BCUT2D eigenvalue weighted by Gasteiger charge is -2.60. The van der Waals surface area contributed by atoms with E-state index in [1.807, 2.05) is 0 Å². The number of carbonyl (C=O) groups excluding carboxylic acids is 1. The Hall–Kier alpha value is -0.410. The maximum Gasteiger partial charge on any atom is 0.139 e. The lowest BCUT2D eigenvalue weighted by Crippen LogP contribution is -2.54. The number of rotatable bonds is 4. The second kappa shape index (κ2) is 6.64. The van der Waals surface area contributed by atoms with Crippen molar-refractivity contribution in [3.63, 3.8) is 0 Å². The van der Waals surface area contributed by atoms with Gasteiger partial charge in [-0.15, -0.1) is 0 Å². The molecule has 3 heteroatoms. The number of hydrogen-bond donors (Lipinski definition) is 1. The van der Waals surface area contributed by atoms with Gasteiger partial charge in [-0.2, -0.15) is 0 Å². The minimum atomic E-state index is 0.0207. The van der Waals surface area contributed by atoms with Gasteiger partial charge in [0.25, 0.3) is 0 Å². The highest BCUT2D eigenvalue weighted by molar-refractivity contribution is 5.87. The summed E-state index contributed by atoms with van der Waals surface area (Å²) in [6.07, 6.45) is 12.4. The third-order valence-electron chi connectivity index (χ3n) is 9.03. The van der Waals surface area contributed by atoms with E-state index < -0.39 is 0 Å². The summed E-state index contributed by atoms with van der Waals surface area (Å²) < 4.78 is 6.13. The van der Waals surface area contributed by atoms with Crippen LogP contribution >= 0.6 is 0 Å². The van der Waals surface area contributed by atoms with E-state index in [1.165, 1.54) is 44.9 Å². The van der Waals surface area contributed by atoms with E-state index in [4.69, 9.17) is 10.5 Å². The fourth-order valence-electron chi connectivity index (χ4n) is 7.47. The molecule has 0 saturated heterocycles. The van der Waals surface area contributed by atoms with Gasteiger partial charge < -0.3 is 10.5 Å². The van der Waals surface area contributed by atoms with Gasteiger partial charge in [0, 0.05) is 18.4 Å². The molecule has 142 valence electrons. The van der Waals surface area contributed by atoms with Crippen LogP contribution in [0.15, 0.2) is 0 Å². The zero-order valence-corrected chi connectivity index (χ0v) is 16.3. The summed E-state index contributed by atoms with van der Waals surface area (Å²) in [4.78, 5) is 12.5. The fourth-order valence-corrected chi connectivity index (χ4v) is 7.47. The van der Waals surface area contributed by atoms with Gasteiger partial charge in [-0.1, -0.05) is 13.8 Å². The summed E-state index contributed by atoms with van der Waals surface area (Å²) in [5, 5.41) is 0. The van der Waals surface area contributed by atoms with Crippen LogP contribution in [0, 0.1) is 34.5 Å². The quantitative estimate of drug-likeness (QED) is 0.770. The molecular weight excluding hydrogens is 310 g/mol. The Morgan fingerprint density at radius 1 is 1.08 bits per heavy atom. The molecule has 4 aliphatic rings. The number of carbonyl (C=O) groups is 1. The van der Waals surface area contributed by atoms with Crippen LogP contribution in [0.3, 0.4) is 0 Å². The second-order valence-corrected chi connectivity index (χ2v) is 9.98. The van der Waals surface area contributed by atoms with E-state index in [0.29, 0.717) is 23.2 Å². The molecule has 4 saturated carbocycles. The van der Waals surface area contributed by atoms with Crippen molar-refractivity contribution in [3.05, 3.63) is 0 Å². The van der Waals surface area contributed by atoms with Crippen molar-refractivity contribution in [2.45, 2.75) is 84.2 Å². The molecule has 0 bridgehead atoms. The van der Waals surface area contributed by atoms with Gasteiger partial charge in [0.1, 0.15) is 5.78 Å². The molecule has 4 rings (SSSR count). The van der Waals surface area contributed by atoms with Gasteiger partial charge in [0.05, 0.1) is 6.10 Å². The van der Waals surface area contributed by atoms with Crippen LogP contribution in [0.25, 0.3) is 0 Å². The predicted octanol–water partition coefficient (Wildman–Crippen LogP) is 4.33. The molecule has 0 aromatic rings. The van der Waals surface area contributed by atoms with Crippen molar-refractivity contribution in [3.8, 4) is 0 Å². The first kappa shape index (κ1) is 18.0. The SMILES string of the molecule is CC12CCC3C(CCC4CC(OCCCN)CCC43C)C1CCC2=O. The van der Waals surface area contributed by atoms with Crippen LogP contribution in [-0.2, 0) is 9.53 Å². The molecule has 0 amide bonds. The van der Waals surface area contributed by atoms with Crippen LogP contribution < -0.4 is 5.73 Å². The average molecular weight is 348 g/mol. The molecule has 25 heavy (non-hydrogen) atoms. The molecular formula is C22H37NO2. The van der Waals surface area contributed by atoms with Crippen molar-refractivity contribution in [1.82, 2.24) is 0 Å². The number of ketones is 1. The zero-order valence-electron chi connectivity index (χ0n) is 16.3. The van der Waals surface area contributed by atoms with Gasteiger partial charge in [-0.25, -0.2) is 0 Å². The Balaban J connectivity index is 1.46. The van der Waals surface area contributed by atoms with Crippen molar-refractivity contribution >= 4 is 5.78 Å². The molecule has 0 spiro atoms. The maximum absolute atomic E-state index is 12.5. The molecule has 7 atom stereocenters. The summed E-state index contributed by atoms with van der Waals surface area (Å²) in [5.41, 5.74) is 6.11. The first-order valence-corrected chi connectivity index (χ1v) is 10.8. The van der Waals surface area contributed by atoms with E-state index in [1.54, 1.807) is 0 Å². The Morgan fingerprint density at radius 2 is 1.92 bits per heavy atom. The van der Waals surface area contributed by atoms with E-state index in [-0.39, 0.29) is 5.41 Å². The topological polar surface area (TPSA) is 52.3 Å². The second-order valence-electron chi connectivity index (χ2n) is 9.98. The molecule has 4 fully saturated rings. The van der Waals surface area contributed by atoms with Crippen LogP contribution in [0.1, 0.15) is 78.1 Å². The van der Waals surface area contributed by atoms with E-state index >= 15 is 0 Å². The summed E-state index contributed by atoms with van der Waals surface area (Å²) >= 11 is 0. The van der Waals surface area contributed by atoms with Gasteiger partial charge in [-0.05, 0) is 93.4 Å². The minimum Gasteiger partial charge on any atom is -0.378 e. The Bertz CT molecular complexity index is 520. The highest BCUT2D eigenvalue weighted by Gasteiger charge is 2.60. The highest BCUT2D eigenvalue weighted by Crippen LogP contribution is 2.65. The van der Waals surface area contributed by atoms with Crippen LogP contribution in [0.2, 0.25) is 0 Å². The van der Waals surface area contributed by atoms with Crippen LogP contribution in [-0.4, -0.2) is 25.0 Å². The van der Waals surface area contributed by atoms with Crippen molar-refractivity contribution in [1.29, 1.82) is 0 Å². The van der Waals surface area contributed by atoms with Gasteiger partial charge in [0.15, 0.2) is 0 Å². The van der Waals surface area contributed by atoms with Crippen molar-refractivity contribution in [2.24, 2.45) is 40.2 Å². The summed E-state index contributed by atoms with van der Waals surface area (Å²) in [6, 6.07) is 0. The predicted molar refractivity (Wildman–Crippen MR) is 100 cm³/mol. The van der Waals surface area contributed by atoms with Gasteiger partial charge in [0.2, 0.25) is 0 Å². The molecule has 0 heterocycles.